The van der Waals surface area contributed by atoms with E-state index in [1.807, 2.05) is 0 Å². The maximum atomic E-state index is 5.79. The van der Waals surface area contributed by atoms with Gasteiger partial charge in [0.15, 0.2) is 0 Å². The molecule has 0 bridgehead atoms. The van der Waals surface area contributed by atoms with Crippen LogP contribution in [0.1, 0.15) is 30.2 Å². The van der Waals surface area contributed by atoms with Crippen molar-refractivity contribution < 1.29 is 9.47 Å². The summed E-state index contributed by atoms with van der Waals surface area (Å²) in [4.78, 5) is 1.25. The van der Waals surface area contributed by atoms with Gasteiger partial charge in [-0.2, -0.15) is 0 Å². The third kappa shape index (κ3) is 1.60. The first-order valence-electron chi connectivity index (χ1n) is 5.11. The number of ether oxygens (including phenoxy) is 2. The van der Waals surface area contributed by atoms with Crippen molar-refractivity contribution in [2.24, 2.45) is 0 Å². The van der Waals surface area contributed by atoms with Gasteiger partial charge < -0.3 is 9.47 Å². The summed E-state index contributed by atoms with van der Waals surface area (Å²) in [6.45, 7) is 5.72. The second-order valence-corrected chi connectivity index (χ2v) is 4.55. The van der Waals surface area contributed by atoms with E-state index in [1.165, 1.54) is 10.4 Å². The molecule has 0 N–H and O–H groups in total. The van der Waals surface area contributed by atoms with Gasteiger partial charge in [-0.25, -0.2) is 0 Å². The molecule has 2 heterocycles. The molecule has 0 aromatic carbocycles. The van der Waals surface area contributed by atoms with E-state index in [0.29, 0.717) is 0 Å². The summed E-state index contributed by atoms with van der Waals surface area (Å²) >= 11 is 1.74. The molecule has 2 nitrogen and oxygen atoms in total. The SMILES string of the molecule is CCCC1(c2sccc2C)OCCO1. The Bertz CT molecular complexity index is 300. The highest BCUT2D eigenvalue weighted by molar-refractivity contribution is 7.10. The summed E-state index contributed by atoms with van der Waals surface area (Å²) in [5.74, 6) is -0.424. The number of aryl methyl sites for hydroxylation is 1. The van der Waals surface area contributed by atoms with Gasteiger partial charge >= 0.3 is 0 Å². The molecule has 1 aromatic rings. The van der Waals surface area contributed by atoms with E-state index in [0.717, 1.165) is 26.1 Å². The van der Waals surface area contributed by atoms with E-state index >= 15 is 0 Å². The maximum Gasteiger partial charge on any atom is 0.204 e. The Kier molecular flexibility index (Phi) is 2.91. The average molecular weight is 212 g/mol. The lowest BCUT2D eigenvalue weighted by atomic mass is 10.1. The third-order valence-electron chi connectivity index (χ3n) is 2.54. The molecule has 0 spiro atoms. The third-order valence-corrected chi connectivity index (χ3v) is 3.68. The quantitative estimate of drug-likeness (QED) is 0.766. The highest BCUT2D eigenvalue weighted by Crippen LogP contribution is 2.40. The van der Waals surface area contributed by atoms with Gasteiger partial charge in [-0.3, -0.25) is 0 Å². The first-order chi connectivity index (χ1) is 6.78. The molecule has 1 aromatic heterocycles. The van der Waals surface area contributed by atoms with Crippen molar-refractivity contribution in [2.75, 3.05) is 13.2 Å². The minimum absolute atomic E-state index is 0.424. The molecule has 0 saturated carbocycles. The monoisotopic (exact) mass is 212 g/mol. The van der Waals surface area contributed by atoms with Gasteiger partial charge in [0.1, 0.15) is 0 Å². The van der Waals surface area contributed by atoms with Crippen molar-refractivity contribution in [3.63, 3.8) is 0 Å². The molecule has 0 aliphatic carbocycles. The van der Waals surface area contributed by atoms with E-state index in [1.54, 1.807) is 11.3 Å². The van der Waals surface area contributed by atoms with Crippen LogP contribution in [0, 0.1) is 6.92 Å². The Morgan fingerprint density at radius 1 is 1.43 bits per heavy atom. The molecule has 1 fully saturated rings. The van der Waals surface area contributed by atoms with Crippen LogP contribution >= 0.6 is 11.3 Å². The van der Waals surface area contributed by atoms with Crippen molar-refractivity contribution in [1.29, 1.82) is 0 Å². The second-order valence-electron chi connectivity index (χ2n) is 3.63. The maximum absolute atomic E-state index is 5.79. The topological polar surface area (TPSA) is 18.5 Å². The van der Waals surface area contributed by atoms with Crippen LogP contribution in [-0.2, 0) is 15.3 Å². The summed E-state index contributed by atoms with van der Waals surface area (Å²) in [6, 6.07) is 2.13. The smallest absolute Gasteiger partial charge is 0.204 e. The molecule has 2 rings (SSSR count). The minimum atomic E-state index is -0.424. The summed E-state index contributed by atoms with van der Waals surface area (Å²) < 4.78 is 11.6. The van der Waals surface area contributed by atoms with Gasteiger partial charge in [0, 0.05) is 6.42 Å². The zero-order valence-electron chi connectivity index (χ0n) is 8.71. The lowest BCUT2D eigenvalue weighted by Crippen LogP contribution is -2.26. The summed E-state index contributed by atoms with van der Waals surface area (Å²) in [6.07, 6.45) is 2.03. The van der Waals surface area contributed by atoms with Crippen LogP contribution < -0.4 is 0 Å². The molecule has 0 atom stereocenters. The molecule has 3 heteroatoms. The molecule has 1 aliphatic rings. The Balaban J connectivity index is 2.31. The average Bonchev–Trinajstić information content (AvgIpc) is 2.75. The minimum Gasteiger partial charge on any atom is -0.343 e. The van der Waals surface area contributed by atoms with Crippen LogP contribution in [0.2, 0.25) is 0 Å². The fourth-order valence-electron chi connectivity index (χ4n) is 1.94. The normalized spacial score (nSPS) is 20.1. The van der Waals surface area contributed by atoms with Gasteiger partial charge in [-0.1, -0.05) is 13.3 Å². The molecule has 0 amide bonds. The fourth-order valence-corrected chi connectivity index (χ4v) is 3.00. The van der Waals surface area contributed by atoms with E-state index in [4.69, 9.17) is 9.47 Å². The second kappa shape index (κ2) is 4.01. The largest absolute Gasteiger partial charge is 0.343 e. The molecule has 14 heavy (non-hydrogen) atoms. The predicted octanol–water partition coefficient (Wildman–Crippen LogP) is 3.06. The number of thiophene rings is 1. The number of hydrogen-bond donors (Lipinski definition) is 0. The zero-order chi connectivity index (χ0) is 10.0. The fraction of sp³-hybridized carbons (Fsp3) is 0.636. The van der Waals surface area contributed by atoms with Gasteiger partial charge in [0.05, 0.1) is 18.1 Å². The van der Waals surface area contributed by atoms with Crippen LogP contribution in [-0.4, -0.2) is 13.2 Å². The lowest BCUT2D eigenvalue weighted by Gasteiger charge is -2.26. The summed E-state index contributed by atoms with van der Waals surface area (Å²) in [5.41, 5.74) is 1.28. The van der Waals surface area contributed by atoms with Crippen molar-refractivity contribution in [1.82, 2.24) is 0 Å². The standard InChI is InChI=1S/C11H16O2S/c1-3-5-11(12-6-7-13-11)10-9(2)4-8-14-10/h4,8H,3,5-7H2,1-2H3. The molecule has 0 radical (unpaired) electrons. The van der Waals surface area contributed by atoms with E-state index in [-0.39, 0.29) is 0 Å². The van der Waals surface area contributed by atoms with E-state index < -0.39 is 5.79 Å². The molecule has 78 valence electrons. The molecule has 1 aliphatic heterocycles. The molecule has 1 saturated heterocycles. The Labute approximate surface area is 88.8 Å². The Morgan fingerprint density at radius 3 is 2.64 bits per heavy atom. The molecule has 0 unspecified atom stereocenters. The van der Waals surface area contributed by atoms with Gasteiger partial charge in [-0.05, 0) is 23.9 Å². The van der Waals surface area contributed by atoms with Gasteiger partial charge in [-0.15, -0.1) is 11.3 Å². The lowest BCUT2D eigenvalue weighted by molar-refractivity contribution is -0.168. The van der Waals surface area contributed by atoms with Crippen molar-refractivity contribution in [3.05, 3.63) is 21.9 Å². The van der Waals surface area contributed by atoms with E-state index in [9.17, 15) is 0 Å². The summed E-state index contributed by atoms with van der Waals surface area (Å²) in [5, 5.41) is 2.10. The predicted molar refractivity (Wildman–Crippen MR) is 57.5 cm³/mol. The van der Waals surface area contributed by atoms with Crippen LogP contribution in [0.4, 0.5) is 0 Å². The highest BCUT2D eigenvalue weighted by atomic mass is 32.1. The van der Waals surface area contributed by atoms with Crippen molar-refractivity contribution in [3.8, 4) is 0 Å². The first-order valence-corrected chi connectivity index (χ1v) is 5.99. The van der Waals surface area contributed by atoms with Crippen LogP contribution in [0.25, 0.3) is 0 Å². The number of hydrogen-bond acceptors (Lipinski definition) is 3. The van der Waals surface area contributed by atoms with E-state index in [2.05, 4.69) is 25.3 Å². The number of rotatable bonds is 3. The molecular formula is C11H16O2S. The van der Waals surface area contributed by atoms with Crippen LogP contribution in [0.5, 0.6) is 0 Å². The van der Waals surface area contributed by atoms with Gasteiger partial charge in [0.25, 0.3) is 0 Å². The van der Waals surface area contributed by atoms with Gasteiger partial charge in [0.2, 0.25) is 5.79 Å². The Hall–Kier alpha value is -0.380. The first kappa shape index (κ1) is 10.1. The zero-order valence-corrected chi connectivity index (χ0v) is 9.52. The summed E-state index contributed by atoms with van der Waals surface area (Å²) in [7, 11) is 0. The van der Waals surface area contributed by atoms with Crippen molar-refractivity contribution >= 4 is 11.3 Å². The van der Waals surface area contributed by atoms with Crippen LogP contribution in [0.15, 0.2) is 11.4 Å². The molecular weight excluding hydrogens is 196 g/mol. The Morgan fingerprint density at radius 2 is 2.14 bits per heavy atom. The van der Waals surface area contributed by atoms with Crippen LogP contribution in [0.3, 0.4) is 0 Å². The van der Waals surface area contributed by atoms with Crippen molar-refractivity contribution in [2.45, 2.75) is 32.5 Å². The highest BCUT2D eigenvalue weighted by Gasteiger charge is 2.39.